The topological polar surface area (TPSA) is 71.7 Å². The lowest BCUT2D eigenvalue weighted by molar-refractivity contribution is 0.197. The number of methoxy groups -OCH3 is 1. The van der Waals surface area contributed by atoms with Crippen LogP contribution in [0.25, 0.3) is 0 Å². The van der Waals surface area contributed by atoms with Gasteiger partial charge in [0, 0.05) is 25.9 Å². The van der Waals surface area contributed by atoms with Crippen molar-refractivity contribution < 1.29 is 9.13 Å². The van der Waals surface area contributed by atoms with E-state index in [2.05, 4.69) is 15.7 Å². The van der Waals surface area contributed by atoms with Gasteiger partial charge in [0.25, 0.3) is 0 Å². The lowest BCUT2D eigenvalue weighted by Crippen LogP contribution is -2.36. The molecule has 0 fully saturated rings. The Kier molecular flexibility index (Phi) is 6.10. The van der Waals surface area contributed by atoms with Gasteiger partial charge in [0.2, 0.25) is 5.96 Å². The lowest BCUT2D eigenvalue weighted by Gasteiger charge is -2.11. The molecule has 100 valence electrons. The molecule has 0 atom stereocenters. The molecular weight excluding hydrogens is 235 g/mol. The number of nitrogens with zero attached hydrogens (tertiary/aromatic N) is 1. The molecule has 0 saturated heterocycles. The SMILES string of the molecule is COCCCN=C(NN)Nc1cc(F)ccc1C. The fraction of sp³-hybridized carbons (Fsp3) is 0.417. The first kappa shape index (κ1) is 14.4. The van der Waals surface area contributed by atoms with Gasteiger partial charge in [-0.1, -0.05) is 6.07 Å². The largest absolute Gasteiger partial charge is 0.385 e. The van der Waals surface area contributed by atoms with Gasteiger partial charge >= 0.3 is 0 Å². The van der Waals surface area contributed by atoms with E-state index < -0.39 is 0 Å². The van der Waals surface area contributed by atoms with Crippen molar-refractivity contribution in [3.63, 3.8) is 0 Å². The Balaban J connectivity index is 2.64. The number of hydrogen-bond donors (Lipinski definition) is 3. The van der Waals surface area contributed by atoms with Crippen molar-refractivity contribution in [2.24, 2.45) is 10.8 Å². The molecule has 0 aromatic heterocycles. The predicted octanol–water partition coefficient (Wildman–Crippen LogP) is 1.40. The van der Waals surface area contributed by atoms with Crippen LogP contribution in [0.4, 0.5) is 10.1 Å². The molecular formula is C12H19FN4O. The fourth-order valence-electron chi connectivity index (χ4n) is 1.38. The fourth-order valence-corrected chi connectivity index (χ4v) is 1.38. The number of hydrogen-bond acceptors (Lipinski definition) is 3. The molecule has 0 spiro atoms. The van der Waals surface area contributed by atoms with Crippen molar-refractivity contribution >= 4 is 11.6 Å². The number of anilines is 1. The van der Waals surface area contributed by atoms with E-state index in [1.807, 2.05) is 6.92 Å². The molecule has 0 saturated carbocycles. The second-order valence-corrected chi connectivity index (χ2v) is 3.81. The van der Waals surface area contributed by atoms with Crippen molar-refractivity contribution in [1.29, 1.82) is 0 Å². The highest BCUT2D eigenvalue weighted by molar-refractivity contribution is 5.93. The maximum absolute atomic E-state index is 13.1. The van der Waals surface area contributed by atoms with Gasteiger partial charge in [-0.3, -0.25) is 10.4 Å². The second kappa shape index (κ2) is 7.62. The van der Waals surface area contributed by atoms with E-state index in [1.165, 1.54) is 12.1 Å². The third-order valence-electron chi connectivity index (χ3n) is 2.37. The molecule has 4 N–H and O–H groups in total. The summed E-state index contributed by atoms with van der Waals surface area (Å²) in [5.74, 6) is 5.45. The number of ether oxygens (including phenoxy) is 1. The molecule has 18 heavy (non-hydrogen) atoms. The van der Waals surface area contributed by atoms with Gasteiger partial charge in [0.15, 0.2) is 0 Å². The summed E-state index contributed by atoms with van der Waals surface area (Å²) >= 11 is 0. The van der Waals surface area contributed by atoms with Crippen molar-refractivity contribution in [3.05, 3.63) is 29.6 Å². The highest BCUT2D eigenvalue weighted by Gasteiger charge is 2.02. The van der Waals surface area contributed by atoms with E-state index >= 15 is 0 Å². The predicted molar refractivity (Wildman–Crippen MR) is 70.9 cm³/mol. The van der Waals surface area contributed by atoms with Crippen molar-refractivity contribution in [3.8, 4) is 0 Å². The van der Waals surface area contributed by atoms with E-state index in [0.717, 1.165) is 12.0 Å². The minimum Gasteiger partial charge on any atom is -0.385 e. The monoisotopic (exact) mass is 254 g/mol. The number of guanidine groups is 1. The Morgan fingerprint density at radius 2 is 2.28 bits per heavy atom. The van der Waals surface area contributed by atoms with Crippen LogP contribution in [0, 0.1) is 12.7 Å². The summed E-state index contributed by atoms with van der Waals surface area (Å²) in [6.45, 7) is 3.09. The number of hydrazine groups is 1. The van der Waals surface area contributed by atoms with Crippen LogP contribution >= 0.6 is 0 Å². The Morgan fingerprint density at radius 1 is 1.50 bits per heavy atom. The average Bonchev–Trinajstić information content (AvgIpc) is 2.37. The number of benzene rings is 1. The van der Waals surface area contributed by atoms with Crippen LogP contribution in [0.15, 0.2) is 23.2 Å². The summed E-state index contributed by atoms with van der Waals surface area (Å²) in [4.78, 5) is 4.21. The van der Waals surface area contributed by atoms with Crippen LogP contribution in [0.2, 0.25) is 0 Å². The molecule has 0 aliphatic heterocycles. The van der Waals surface area contributed by atoms with Crippen LogP contribution in [-0.4, -0.2) is 26.2 Å². The zero-order valence-electron chi connectivity index (χ0n) is 10.7. The molecule has 5 nitrogen and oxygen atoms in total. The van der Waals surface area contributed by atoms with Gasteiger partial charge in [-0.15, -0.1) is 0 Å². The molecule has 0 bridgehead atoms. The first-order chi connectivity index (χ1) is 8.67. The van der Waals surface area contributed by atoms with Crippen LogP contribution < -0.4 is 16.6 Å². The Labute approximate surface area is 106 Å². The molecule has 6 heteroatoms. The minimum absolute atomic E-state index is 0.307. The number of rotatable bonds is 5. The maximum Gasteiger partial charge on any atom is 0.210 e. The second-order valence-electron chi connectivity index (χ2n) is 3.81. The van der Waals surface area contributed by atoms with Crippen LogP contribution in [0.3, 0.4) is 0 Å². The lowest BCUT2D eigenvalue weighted by atomic mass is 10.2. The number of halogens is 1. The first-order valence-electron chi connectivity index (χ1n) is 5.70. The van der Waals surface area contributed by atoms with Crippen LogP contribution in [-0.2, 0) is 4.74 Å². The maximum atomic E-state index is 13.1. The molecule has 1 rings (SSSR count). The van der Waals surface area contributed by atoms with Gasteiger partial charge in [-0.05, 0) is 31.0 Å². The Morgan fingerprint density at radius 3 is 2.94 bits per heavy atom. The van der Waals surface area contributed by atoms with Gasteiger partial charge in [0.05, 0.1) is 0 Å². The van der Waals surface area contributed by atoms with E-state index in [-0.39, 0.29) is 5.82 Å². The minimum atomic E-state index is -0.307. The summed E-state index contributed by atoms with van der Waals surface area (Å²) < 4.78 is 18.0. The highest BCUT2D eigenvalue weighted by atomic mass is 19.1. The van der Waals surface area contributed by atoms with Gasteiger partial charge in [-0.25, -0.2) is 10.2 Å². The summed E-state index contributed by atoms with van der Waals surface area (Å²) in [6, 6.07) is 4.50. The summed E-state index contributed by atoms with van der Waals surface area (Å²) in [6.07, 6.45) is 0.797. The molecule has 0 unspecified atom stereocenters. The molecule has 0 aliphatic rings. The zero-order valence-corrected chi connectivity index (χ0v) is 10.7. The van der Waals surface area contributed by atoms with Crippen LogP contribution in [0.5, 0.6) is 0 Å². The number of nitrogens with one attached hydrogen (secondary N) is 2. The van der Waals surface area contributed by atoms with Gasteiger partial charge in [0.1, 0.15) is 5.82 Å². The van der Waals surface area contributed by atoms with Gasteiger partial charge < -0.3 is 10.1 Å². The van der Waals surface area contributed by atoms with Gasteiger partial charge in [-0.2, -0.15) is 0 Å². The highest BCUT2D eigenvalue weighted by Crippen LogP contribution is 2.15. The molecule has 0 radical (unpaired) electrons. The smallest absolute Gasteiger partial charge is 0.210 e. The van der Waals surface area contributed by atoms with E-state index in [0.29, 0.717) is 24.8 Å². The molecule has 0 amide bonds. The first-order valence-corrected chi connectivity index (χ1v) is 5.70. The molecule has 1 aromatic rings. The van der Waals surface area contributed by atoms with Crippen molar-refractivity contribution in [2.75, 3.05) is 25.6 Å². The van der Waals surface area contributed by atoms with Crippen molar-refractivity contribution in [1.82, 2.24) is 5.43 Å². The van der Waals surface area contributed by atoms with E-state index in [4.69, 9.17) is 10.6 Å². The van der Waals surface area contributed by atoms with Crippen LogP contribution in [0.1, 0.15) is 12.0 Å². The molecule has 0 aliphatic carbocycles. The van der Waals surface area contributed by atoms with Crippen molar-refractivity contribution in [2.45, 2.75) is 13.3 Å². The third kappa shape index (κ3) is 4.68. The Hall–Kier alpha value is -1.66. The number of nitrogens with two attached hydrogens (primary N) is 1. The number of aliphatic imine (C=N–C) groups is 1. The standard InChI is InChI=1S/C12H19FN4O/c1-9-4-5-10(13)8-11(9)16-12(17-14)15-6-3-7-18-2/h4-5,8H,3,6-7,14H2,1-2H3,(H2,15,16,17). The summed E-state index contributed by atoms with van der Waals surface area (Å²) in [5, 5.41) is 2.95. The normalized spacial score (nSPS) is 11.4. The third-order valence-corrected chi connectivity index (χ3v) is 2.37. The zero-order chi connectivity index (χ0) is 13.4. The van der Waals surface area contributed by atoms with E-state index in [1.54, 1.807) is 13.2 Å². The summed E-state index contributed by atoms with van der Waals surface area (Å²) in [7, 11) is 1.64. The molecule has 1 aromatic carbocycles. The number of aryl methyl sites for hydroxylation is 1. The van der Waals surface area contributed by atoms with E-state index in [9.17, 15) is 4.39 Å². The quantitative estimate of drug-likeness (QED) is 0.244. The molecule has 0 heterocycles. The Bertz CT molecular complexity index is 409. The average molecular weight is 254 g/mol. The summed E-state index contributed by atoms with van der Waals surface area (Å²) in [5.41, 5.74) is 4.00.